The van der Waals surface area contributed by atoms with Gasteiger partial charge in [-0.3, -0.25) is 0 Å². The second kappa shape index (κ2) is 6.37. The minimum Gasteiger partial charge on any atom is -0.456 e. The Labute approximate surface area is 118 Å². The van der Waals surface area contributed by atoms with Crippen molar-refractivity contribution in [1.29, 1.82) is 0 Å². The second-order valence-electron chi connectivity index (χ2n) is 5.26. The smallest absolute Gasteiger partial charge is 0.339 e. The number of benzene rings is 1. The Kier molecular flexibility index (Phi) is 5.35. The van der Waals surface area contributed by atoms with Crippen molar-refractivity contribution in [3.05, 3.63) is 35.4 Å². The lowest BCUT2D eigenvalue weighted by molar-refractivity contribution is 0.00480. The molecule has 1 aromatic rings. The van der Waals surface area contributed by atoms with Crippen molar-refractivity contribution < 1.29 is 19.7 Å². The zero-order valence-corrected chi connectivity index (χ0v) is 12.0. The minimum absolute atomic E-state index is 0.121. The van der Waals surface area contributed by atoms with Gasteiger partial charge in [-0.05, 0) is 32.4 Å². The Morgan fingerprint density at radius 1 is 1.32 bits per heavy atom. The maximum absolute atomic E-state index is 12.0. The Balaban J connectivity index is 3.05. The van der Waals surface area contributed by atoms with Gasteiger partial charge in [-0.1, -0.05) is 18.2 Å². The van der Waals surface area contributed by atoms with Gasteiger partial charge in [0.2, 0.25) is 0 Å². The molecule has 0 spiro atoms. The molecular weight excluding hydrogens is 268 g/mol. The third-order valence-corrected chi connectivity index (χ3v) is 2.74. The van der Waals surface area contributed by atoms with Crippen molar-refractivity contribution in [3.8, 4) is 0 Å². The van der Waals surface area contributed by atoms with E-state index < -0.39 is 23.8 Å². The average Bonchev–Trinajstić information content (AvgIpc) is 2.35. The van der Waals surface area contributed by atoms with Crippen molar-refractivity contribution in [2.24, 2.45) is 0 Å². The second-order valence-corrected chi connectivity index (χ2v) is 5.56. The summed E-state index contributed by atoms with van der Waals surface area (Å²) in [7, 11) is 0. The van der Waals surface area contributed by atoms with Crippen molar-refractivity contribution in [2.45, 2.75) is 38.6 Å². The summed E-state index contributed by atoms with van der Waals surface area (Å²) >= 11 is 5.51. The van der Waals surface area contributed by atoms with Crippen LogP contribution in [-0.2, 0) is 4.74 Å². The van der Waals surface area contributed by atoms with E-state index in [-0.39, 0.29) is 11.4 Å². The molecule has 1 rings (SSSR count). The van der Waals surface area contributed by atoms with Gasteiger partial charge < -0.3 is 14.9 Å². The topological polar surface area (TPSA) is 66.8 Å². The summed E-state index contributed by atoms with van der Waals surface area (Å²) in [5.41, 5.74) is -0.0840. The predicted octanol–water partition coefficient (Wildman–Crippen LogP) is 2.28. The van der Waals surface area contributed by atoms with Gasteiger partial charge in [0.1, 0.15) is 11.7 Å². The number of aliphatic hydroxyl groups is 2. The van der Waals surface area contributed by atoms with Crippen LogP contribution in [0.25, 0.3) is 0 Å². The molecule has 0 aliphatic heterocycles. The molecule has 1 aromatic carbocycles. The number of aliphatic hydroxyl groups excluding tert-OH is 2. The molecule has 5 heteroatoms. The van der Waals surface area contributed by atoms with Gasteiger partial charge in [0.15, 0.2) is 0 Å². The molecule has 0 radical (unpaired) electrons. The third-order valence-electron chi connectivity index (χ3n) is 2.42. The first-order chi connectivity index (χ1) is 8.76. The van der Waals surface area contributed by atoms with Gasteiger partial charge >= 0.3 is 5.97 Å². The number of carbonyl (C=O) groups excluding carboxylic acids is 1. The Bertz CT molecular complexity index is 439. The van der Waals surface area contributed by atoms with E-state index in [0.717, 1.165) is 0 Å². The monoisotopic (exact) mass is 286 g/mol. The summed E-state index contributed by atoms with van der Waals surface area (Å²) in [5, 5.41) is 19.6. The lowest BCUT2D eigenvalue weighted by atomic mass is 9.99. The van der Waals surface area contributed by atoms with Gasteiger partial charge in [0, 0.05) is 0 Å². The lowest BCUT2D eigenvalue weighted by Crippen LogP contribution is -2.27. The molecule has 0 saturated carbocycles. The minimum atomic E-state index is -1.22. The summed E-state index contributed by atoms with van der Waals surface area (Å²) in [6.07, 6.45) is -2.36. The van der Waals surface area contributed by atoms with Crippen LogP contribution in [0, 0.1) is 0 Å². The summed E-state index contributed by atoms with van der Waals surface area (Å²) in [6.45, 7) is 5.28. The van der Waals surface area contributed by atoms with Crippen molar-refractivity contribution in [2.75, 3.05) is 5.88 Å². The van der Waals surface area contributed by atoms with Crippen molar-refractivity contribution in [1.82, 2.24) is 0 Å². The Morgan fingerprint density at radius 2 is 1.89 bits per heavy atom. The van der Waals surface area contributed by atoms with E-state index in [1.807, 2.05) is 0 Å². The summed E-state index contributed by atoms with van der Waals surface area (Å²) in [5.74, 6) is -0.659. The molecular formula is C14H19ClO4. The summed E-state index contributed by atoms with van der Waals surface area (Å²) < 4.78 is 5.26. The molecule has 0 aliphatic rings. The highest BCUT2D eigenvalue weighted by atomic mass is 35.5. The summed E-state index contributed by atoms with van der Waals surface area (Å²) in [6, 6.07) is 6.46. The zero-order chi connectivity index (χ0) is 14.6. The van der Waals surface area contributed by atoms with Gasteiger partial charge in [-0.25, -0.2) is 4.79 Å². The van der Waals surface area contributed by atoms with Gasteiger partial charge in [0.25, 0.3) is 0 Å². The summed E-state index contributed by atoms with van der Waals surface area (Å²) in [4.78, 5) is 12.0. The Hall–Kier alpha value is -1.10. The van der Waals surface area contributed by atoms with Crippen LogP contribution >= 0.6 is 11.6 Å². The number of rotatable bonds is 4. The highest BCUT2D eigenvalue weighted by molar-refractivity contribution is 6.18. The van der Waals surface area contributed by atoms with E-state index in [1.165, 1.54) is 0 Å². The fourth-order valence-electron chi connectivity index (χ4n) is 1.57. The first-order valence-electron chi connectivity index (χ1n) is 6.00. The van der Waals surface area contributed by atoms with Gasteiger partial charge in [-0.15, -0.1) is 11.6 Å². The first kappa shape index (κ1) is 16.0. The maximum atomic E-state index is 12.0. The molecule has 4 nitrogen and oxygen atoms in total. The number of carbonyl (C=O) groups is 1. The van der Waals surface area contributed by atoms with E-state index in [2.05, 4.69) is 0 Å². The molecule has 0 fully saturated rings. The van der Waals surface area contributed by atoms with Crippen molar-refractivity contribution >= 4 is 17.6 Å². The highest BCUT2D eigenvalue weighted by Crippen LogP contribution is 2.24. The standard InChI is InChI=1S/C14H19ClO4/c1-14(2,3)19-13(18)10-7-5-4-6-9(10)12(17)11(16)8-15/h4-7,11-12,16-17H,8H2,1-3H3. The molecule has 0 aromatic heterocycles. The van der Waals surface area contributed by atoms with E-state index >= 15 is 0 Å². The molecule has 2 N–H and O–H groups in total. The number of alkyl halides is 1. The lowest BCUT2D eigenvalue weighted by Gasteiger charge is -2.22. The zero-order valence-electron chi connectivity index (χ0n) is 11.3. The van der Waals surface area contributed by atoms with Gasteiger partial charge in [0.05, 0.1) is 17.5 Å². The first-order valence-corrected chi connectivity index (χ1v) is 6.54. The van der Waals surface area contributed by atoms with Crippen LogP contribution in [0.3, 0.4) is 0 Å². The SMILES string of the molecule is CC(C)(C)OC(=O)c1ccccc1C(O)C(O)CCl. The maximum Gasteiger partial charge on any atom is 0.339 e. The molecule has 0 heterocycles. The van der Waals surface area contributed by atoms with Gasteiger partial charge in [-0.2, -0.15) is 0 Å². The normalized spacial score (nSPS) is 14.8. The fraction of sp³-hybridized carbons (Fsp3) is 0.500. The molecule has 19 heavy (non-hydrogen) atoms. The predicted molar refractivity (Wildman–Crippen MR) is 73.3 cm³/mol. The molecule has 2 atom stereocenters. The van der Waals surface area contributed by atoms with Crippen LogP contribution < -0.4 is 0 Å². The third kappa shape index (κ3) is 4.49. The number of ether oxygens (including phenoxy) is 1. The average molecular weight is 287 g/mol. The number of hydrogen-bond donors (Lipinski definition) is 2. The van der Waals surface area contributed by atoms with Crippen LogP contribution in [0.4, 0.5) is 0 Å². The van der Waals surface area contributed by atoms with Crippen LogP contribution in [-0.4, -0.2) is 33.8 Å². The van der Waals surface area contributed by atoms with Crippen LogP contribution in [0.5, 0.6) is 0 Å². The Morgan fingerprint density at radius 3 is 2.42 bits per heavy atom. The molecule has 0 bridgehead atoms. The number of esters is 1. The molecule has 106 valence electrons. The van der Waals surface area contributed by atoms with E-state index in [1.54, 1.807) is 45.0 Å². The molecule has 0 amide bonds. The van der Waals surface area contributed by atoms with Crippen LogP contribution in [0.2, 0.25) is 0 Å². The highest BCUT2D eigenvalue weighted by Gasteiger charge is 2.25. The number of hydrogen-bond acceptors (Lipinski definition) is 4. The largest absolute Gasteiger partial charge is 0.456 e. The van der Waals surface area contributed by atoms with Crippen LogP contribution in [0.1, 0.15) is 42.8 Å². The quantitative estimate of drug-likeness (QED) is 0.658. The van der Waals surface area contributed by atoms with E-state index in [4.69, 9.17) is 16.3 Å². The fourth-order valence-corrected chi connectivity index (χ4v) is 1.73. The number of halogens is 1. The molecule has 0 saturated heterocycles. The molecule has 2 unspecified atom stereocenters. The molecule has 0 aliphatic carbocycles. The van der Waals surface area contributed by atoms with E-state index in [0.29, 0.717) is 5.56 Å². The van der Waals surface area contributed by atoms with E-state index in [9.17, 15) is 15.0 Å². The van der Waals surface area contributed by atoms with Crippen molar-refractivity contribution in [3.63, 3.8) is 0 Å². The van der Waals surface area contributed by atoms with Crippen LogP contribution in [0.15, 0.2) is 24.3 Å².